The van der Waals surface area contributed by atoms with Gasteiger partial charge in [0.25, 0.3) is 5.91 Å². The van der Waals surface area contributed by atoms with E-state index >= 15 is 0 Å². The monoisotopic (exact) mass is 560 g/mol. The fourth-order valence-corrected chi connectivity index (χ4v) is 4.46. The van der Waals surface area contributed by atoms with Crippen LogP contribution in [0, 0.1) is 0 Å². The first-order valence-electron chi connectivity index (χ1n) is 11.1. The number of alkyl halides is 6. The van der Waals surface area contributed by atoms with E-state index in [2.05, 4.69) is 10.4 Å². The molecule has 1 amide bonds. The second kappa shape index (κ2) is 9.86. The third kappa shape index (κ3) is 5.57. The second-order valence-corrected chi connectivity index (χ2v) is 9.09. The van der Waals surface area contributed by atoms with Gasteiger partial charge in [0.15, 0.2) is 5.69 Å². The van der Waals surface area contributed by atoms with Crippen LogP contribution in [0.4, 0.5) is 32.2 Å². The van der Waals surface area contributed by atoms with Crippen LogP contribution in [-0.2, 0) is 25.4 Å². The number of aromatic carboxylic acids is 1. The average molecular weight is 561 g/mol. The maximum atomic E-state index is 13.9. The molecule has 1 aliphatic rings. The van der Waals surface area contributed by atoms with E-state index in [4.69, 9.17) is 16.7 Å². The molecular weight excluding hydrogens is 542 g/mol. The van der Waals surface area contributed by atoms with Crippen molar-refractivity contribution in [3.05, 3.63) is 81.0 Å². The van der Waals surface area contributed by atoms with Gasteiger partial charge in [-0.05, 0) is 48.4 Å². The number of aromatic nitrogens is 2. The summed E-state index contributed by atoms with van der Waals surface area (Å²) >= 11 is 5.85. The van der Waals surface area contributed by atoms with Crippen molar-refractivity contribution in [2.45, 2.75) is 38.4 Å². The average Bonchev–Trinajstić information content (AvgIpc) is 3.38. The van der Waals surface area contributed by atoms with Gasteiger partial charge < -0.3 is 15.3 Å². The summed E-state index contributed by atoms with van der Waals surface area (Å²) in [5.74, 6) is -2.44. The zero-order valence-corrected chi connectivity index (χ0v) is 20.2. The molecule has 4 rings (SSSR count). The van der Waals surface area contributed by atoms with Crippen LogP contribution in [0.25, 0.3) is 0 Å². The van der Waals surface area contributed by atoms with E-state index in [1.807, 2.05) is 0 Å². The number of hydrogen-bond acceptors (Lipinski definition) is 4. The molecule has 0 saturated carbocycles. The number of anilines is 1. The number of halogens is 7. The topological polar surface area (TPSA) is 87.5 Å². The standard InChI is InChI=1S/C24H19ClF6N4O3/c1-12(14-2-4-15(5-3-14)22(37)38)32-20(36)18-19(24(29,30)31)33-35-7-6-34(21(18)35)11-13-8-16(23(26,27)28)10-17(25)9-13/h2-5,8-10,12H,6-7,11H2,1H3,(H,32,36)(H,37,38)/t12-/m0/s1. The van der Waals surface area contributed by atoms with Gasteiger partial charge in [-0.15, -0.1) is 0 Å². The summed E-state index contributed by atoms with van der Waals surface area (Å²) in [4.78, 5) is 25.6. The van der Waals surface area contributed by atoms with Gasteiger partial charge in [-0.2, -0.15) is 31.4 Å². The Hall–Kier alpha value is -3.74. The number of rotatable bonds is 6. The second-order valence-electron chi connectivity index (χ2n) is 8.66. The summed E-state index contributed by atoms with van der Waals surface area (Å²) in [7, 11) is 0. The summed E-state index contributed by atoms with van der Waals surface area (Å²) in [5.41, 5.74) is -2.68. The Balaban J connectivity index is 1.67. The van der Waals surface area contributed by atoms with E-state index in [0.29, 0.717) is 5.56 Å². The molecule has 202 valence electrons. The molecule has 0 radical (unpaired) electrons. The van der Waals surface area contributed by atoms with Gasteiger partial charge in [0.05, 0.1) is 23.7 Å². The quantitative estimate of drug-likeness (QED) is 0.373. The Morgan fingerprint density at radius 2 is 1.71 bits per heavy atom. The minimum Gasteiger partial charge on any atom is -0.478 e. The Bertz CT molecular complexity index is 1390. The molecule has 38 heavy (non-hydrogen) atoms. The molecule has 1 aliphatic heterocycles. The van der Waals surface area contributed by atoms with Gasteiger partial charge in [0.1, 0.15) is 11.4 Å². The first kappa shape index (κ1) is 27.3. The highest BCUT2D eigenvalue weighted by atomic mass is 35.5. The fourth-order valence-electron chi connectivity index (χ4n) is 4.21. The van der Waals surface area contributed by atoms with Crippen molar-refractivity contribution in [1.29, 1.82) is 0 Å². The lowest BCUT2D eigenvalue weighted by molar-refractivity contribution is -0.142. The van der Waals surface area contributed by atoms with Crippen LogP contribution in [-0.4, -0.2) is 33.3 Å². The van der Waals surface area contributed by atoms with E-state index in [-0.39, 0.29) is 41.6 Å². The number of amides is 1. The molecule has 0 saturated heterocycles. The Kier molecular flexibility index (Phi) is 7.08. The molecule has 2 heterocycles. The third-order valence-electron chi connectivity index (χ3n) is 5.97. The van der Waals surface area contributed by atoms with Crippen molar-refractivity contribution in [1.82, 2.24) is 15.1 Å². The van der Waals surface area contributed by atoms with Crippen LogP contribution in [0.3, 0.4) is 0 Å². The smallest absolute Gasteiger partial charge is 0.436 e. The summed E-state index contributed by atoms with van der Waals surface area (Å²) in [6.07, 6.45) is -9.67. The zero-order valence-electron chi connectivity index (χ0n) is 19.5. The molecule has 1 aromatic heterocycles. The molecule has 14 heteroatoms. The first-order valence-corrected chi connectivity index (χ1v) is 11.5. The molecule has 1 atom stereocenters. The zero-order chi connectivity index (χ0) is 28.0. The van der Waals surface area contributed by atoms with Gasteiger partial charge in [-0.3, -0.25) is 4.79 Å². The highest BCUT2D eigenvalue weighted by Gasteiger charge is 2.44. The van der Waals surface area contributed by atoms with Crippen LogP contribution < -0.4 is 10.2 Å². The number of carboxylic acids is 1. The van der Waals surface area contributed by atoms with Crippen molar-refractivity contribution in [3.8, 4) is 0 Å². The van der Waals surface area contributed by atoms with E-state index in [9.17, 15) is 35.9 Å². The molecular formula is C24H19ClF6N4O3. The van der Waals surface area contributed by atoms with Gasteiger partial charge >= 0.3 is 18.3 Å². The maximum absolute atomic E-state index is 13.9. The maximum Gasteiger partial charge on any atom is 0.436 e. The number of carboxylic acid groups (broad SMARTS) is 1. The lowest BCUT2D eigenvalue weighted by Crippen LogP contribution is -2.31. The summed E-state index contributed by atoms with van der Waals surface area (Å²) in [5, 5.41) is 14.9. The van der Waals surface area contributed by atoms with Crippen LogP contribution in [0.1, 0.15) is 56.1 Å². The highest BCUT2D eigenvalue weighted by Crippen LogP contribution is 2.39. The number of nitrogens with one attached hydrogen (secondary N) is 1. The number of benzene rings is 2. The third-order valence-corrected chi connectivity index (χ3v) is 6.18. The SMILES string of the molecule is C[C@H](NC(=O)c1c(C(F)(F)F)nn2c1N(Cc1cc(Cl)cc(C(F)(F)F)c1)CC2)c1ccc(C(=O)O)cc1. The number of nitrogens with zero attached hydrogens (tertiary/aromatic N) is 3. The molecule has 0 unspecified atom stereocenters. The Morgan fingerprint density at radius 1 is 1.05 bits per heavy atom. The largest absolute Gasteiger partial charge is 0.478 e. The van der Waals surface area contributed by atoms with Crippen molar-refractivity contribution >= 4 is 29.3 Å². The first-order chi connectivity index (χ1) is 17.6. The fraction of sp³-hybridized carbons (Fsp3) is 0.292. The van der Waals surface area contributed by atoms with Crippen molar-refractivity contribution < 1.29 is 41.0 Å². The number of fused-ring (bicyclic) bond motifs is 1. The molecule has 7 nitrogen and oxygen atoms in total. The van der Waals surface area contributed by atoms with E-state index < -0.39 is 47.1 Å². The molecule has 0 bridgehead atoms. The minimum absolute atomic E-state index is 0.00794. The number of carbonyl (C=O) groups is 2. The van der Waals surface area contributed by atoms with E-state index in [1.54, 1.807) is 0 Å². The molecule has 2 aromatic carbocycles. The number of hydrogen-bond donors (Lipinski definition) is 2. The lowest BCUT2D eigenvalue weighted by atomic mass is 10.1. The van der Waals surface area contributed by atoms with Gasteiger partial charge in [0.2, 0.25) is 0 Å². The van der Waals surface area contributed by atoms with Crippen molar-refractivity contribution in [3.63, 3.8) is 0 Å². The Morgan fingerprint density at radius 3 is 2.29 bits per heavy atom. The predicted octanol–water partition coefficient (Wildman–Crippen LogP) is 5.78. The normalized spacial score (nSPS) is 14.4. The molecule has 0 fully saturated rings. The predicted molar refractivity (Wildman–Crippen MR) is 124 cm³/mol. The molecule has 0 spiro atoms. The Labute approximate surface area is 216 Å². The van der Waals surface area contributed by atoms with Crippen LogP contribution in [0.15, 0.2) is 42.5 Å². The van der Waals surface area contributed by atoms with Gasteiger partial charge in [0, 0.05) is 18.1 Å². The van der Waals surface area contributed by atoms with Gasteiger partial charge in [-0.25, -0.2) is 9.48 Å². The molecule has 2 N–H and O–H groups in total. The van der Waals surface area contributed by atoms with Crippen molar-refractivity contribution in [2.75, 3.05) is 11.4 Å². The lowest BCUT2D eigenvalue weighted by Gasteiger charge is -2.21. The van der Waals surface area contributed by atoms with E-state index in [0.717, 1.165) is 16.8 Å². The highest BCUT2D eigenvalue weighted by molar-refractivity contribution is 6.30. The molecule has 0 aliphatic carbocycles. The number of carbonyl (C=O) groups excluding carboxylic acids is 1. The van der Waals surface area contributed by atoms with Gasteiger partial charge in [-0.1, -0.05) is 23.7 Å². The summed E-state index contributed by atoms with van der Waals surface area (Å²) < 4.78 is 82.3. The minimum atomic E-state index is -4.98. The molecule has 3 aromatic rings. The van der Waals surface area contributed by atoms with Crippen LogP contribution >= 0.6 is 11.6 Å². The van der Waals surface area contributed by atoms with Crippen LogP contribution in [0.5, 0.6) is 0 Å². The summed E-state index contributed by atoms with van der Waals surface area (Å²) in [6.45, 7) is 1.33. The summed E-state index contributed by atoms with van der Waals surface area (Å²) in [6, 6.07) is 7.48. The van der Waals surface area contributed by atoms with Crippen LogP contribution in [0.2, 0.25) is 5.02 Å². The van der Waals surface area contributed by atoms with Crippen molar-refractivity contribution in [2.24, 2.45) is 0 Å². The van der Waals surface area contributed by atoms with E-state index in [1.165, 1.54) is 42.2 Å².